The molecular formula is C24H28O7. The highest BCUT2D eigenvalue weighted by Gasteiger charge is 2.50. The largest absolute Gasteiger partial charge is 0.483 e. The zero-order valence-electron chi connectivity index (χ0n) is 18.7. The molecule has 2 aromatic rings. The average molecular weight is 428 g/mol. The standard InChI is InChI=1S/C24H28O7/c1-7-14(4)23(27)30-22-21(29-18(26)12-13(2)3)19-16(31-24(22,5)6)10-8-15-9-11-17(25)28-20(15)19/h7-11,13,21-22H,12H2,1-6H3/b14-7-/t21-,22-/m0/s1. The quantitative estimate of drug-likeness (QED) is 0.394. The van der Waals surface area contributed by atoms with Crippen LogP contribution in [0, 0.1) is 5.92 Å². The van der Waals surface area contributed by atoms with E-state index >= 15 is 0 Å². The second kappa shape index (κ2) is 8.57. The Labute approximate surface area is 181 Å². The Bertz CT molecular complexity index is 1090. The molecule has 0 saturated carbocycles. The van der Waals surface area contributed by atoms with Crippen molar-refractivity contribution in [1.82, 2.24) is 0 Å². The first-order valence-electron chi connectivity index (χ1n) is 10.3. The molecule has 3 rings (SSSR count). The Morgan fingerprint density at radius 1 is 1.16 bits per heavy atom. The summed E-state index contributed by atoms with van der Waals surface area (Å²) in [5.74, 6) is -0.497. The number of carbonyl (C=O) groups excluding carboxylic acids is 2. The minimum absolute atomic E-state index is 0.0801. The number of rotatable bonds is 5. The molecule has 0 amide bonds. The van der Waals surface area contributed by atoms with E-state index in [1.54, 1.807) is 52.0 Å². The molecular weight excluding hydrogens is 400 g/mol. The summed E-state index contributed by atoms with van der Waals surface area (Å²) in [5, 5.41) is 0.640. The van der Waals surface area contributed by atoms with E-state index in [0.29, 0.717) is 22.3 Å². The normalized spacial score (nSPS) is 20.2. The third-order valence-electron chi connectivity index (χ3n) is 5.23. The summed E-state index contributed by atoms with van der Waals surface area (Å²) in [6.07, 6.45) is -0.139. The van der Waals surface area contributed by atoms with Gasteiger partial charge in [0, 0.05) is 23.4 Å². The van der Waals surface area contributed by atoms with Gasteiger partial charge in [0.2, 0.25) is 0 Å². The number of carbonyl (C=O) groups is 2. The van der Waals surface area contributed by atoms with Crippen molar-refractivity contribution >= 4 is 22.9 Å². The SMILES string of the molecule is C/C=C(/C)C(=O)O[C@H]1[C@@H](OC(=O)CC(C)C)c2c(ccc3ccc(=O)oc23)OC1(C)C. The van der Waals surface area contributed by atoms with E-state index in [1.165, 1.54) is 6.07 Å². The summed E-state index contributed by atoms with van der Waals surface area (Å²) in [6, 6.07) is 6.43. The Hall–Kier alpha value is -3.09. The van der Waals surface area contributed by atoms with Gasteiger partial charge in [-0.25, -0.2) is 9.59 Å². The van der Waals surface area contributed by atoms with Crippen LogP contribution in [0.3, 0.4) is 0 Å². The fourth-order valence-corrected chi connectivity index (χ4v) is 3.53. The lowest BCUT2D eigenvalue weighted by molar-refractivity contribution is -0.188. The number of ether oxygens (including phenoxy) is 3. The zero-order chi connectivity index (χ0) is 22.9. The van der Waals surface area contributed by atoms with Crippen LogP contribution in [0.4, 0.5) is 0 Å². The van der Waals surface area contributed by atoms with Crippen LogP contribution in [0.5, 0.6) is 5.75 Å². The lowest BCUT2D eigenvalue weighted by Gasteiger charge is -2.43. The first-order valence-corrected chi connectivity index (χ1v) is 10.3. The van der Waals surface area contributed by atoms with Crippen molar-refractivity contribution in [3.63, 3.8) is 0 Å². The van der Waals surface area contributed by atoms with Gasteiger partial charge < -0.3 is 18.6 Å². The highest BCUT2D eigenvalue weighted by Crippen LogP contribution is 2.46. The summed E-state index contributed by atoms with van der Waals surface area (Å²) < 4.78 is 23.2. The second-order valence-electron chi connectivity index (χ2n) is 8.66. The third-order valence-corrected chi connectivity index (χ3v) is 5.23. The highest BCUT2D eigenvalue weighted by atomic mass is 16.6. The van der Waals surface area contributed by atoms with Gasteiger partial charge in [-0.2, -0.15) is 0 Å². The molecule has 2 heterocycles. The van der Waals surface area contributed by atoms with Crippen LogP contribution < -0.4 is 10.4 Å². The van der Waals surface area contributed by atoms with Gasteiger partial charge >= 0.3 is 17.6 Å². The first kappa shape index (κ1) is 22.6. The van der Waals surface area contributed by atoms with Gasteiger partial charge in [0.05, 0.1) is 5.56 Å². The van der Waals surface area contributed by atoms with Gasteiger partial charge in [0.1, 0.15) is 16.9 Å². The van der Waals surface area contributed by atoms with Crippen molar-refractivity contribution in [2.45, 2.75) is 65.8 Å². The van der Waals surface area contributed by atoms with E-state index in [4.69, 9.17) is 18.6 Å². The van der Waals surface area contributed by atoms with Gasteiger partial charge in [0.25, 0.3) is 0 Å². The number of esters is 2. The zero-order valence-corrected chi connectivity index (χ0v) is 18.7. The van der Waals surface area contributed by atoms with Crippen LogP contribution >= 0.6 is 0 Å². The number of hydrogen-bond donors (Lipinski definition) is 0. The summed E-state index contributed by atoms with van der Waals surface area (Å²) >= 11 is 0. The minimum Gasteiger partial charge on any atom is -0.483 e. The van der Waals surface area contributed by atoms with Crippen LogP contribution in [-0.4, -0.2) is 23.6 Å². The van der Waals surface area contributed by atoms with Gasteiger partial charge in [-0.15, -0.1) is 0 Å². The van der Waals surface area contributed by atoms with Crippen LogP contribution in [0.1, 0.15) is 59.6 Å². The molecule has 0 spiro atoms. The molecule has 0 radical (unpaired) electrons. The summed E-state index contributed by atoms with van der Waals surface area (Å²) in [4.78, 5) is 37.2. The molecule has 0 fully saturated rings. The Kier molecular flexibility index (Phi) is 6.25. The molecule has 2 atom stereocenters. The van der Waals surface area contributed by atoms with Crippen molar-refractivity contribution < 1.29 is 28.2 Å². The molecule has 1 aliphatic heterocycles. The molecule has 0 saturated heterocycles. The topological polar surface area (TPSA) is 92.0 Å². The third kappa shape index (κ3) is 4.65. The van der Waals surface area contributed by atoms with Crippen molar-refractivity contribution in [3.05, 3.63) is 51.9 Å². The van der Waals surface area contributed by atoms with Crippen LogP contribution in [0.2, 0.25) is 0 Å². The Morgan fingerprint density at radius 3 is 2.48 bits per heavy atom. The van der Waals surface area contributed by atoms with E-state index in [0.717, 1.165) is 0 Å². The summed E-state index contributed by atoms with van der Waals surface area (Å²) in [5.41, 5.74) is -0.522. The maximum atomic E-state index is 12.7. The fourth-order valence-electron chi connectivity index (χ4n) is 3.53. The van der Waals surface area contributed by atoms with E-state index in [-0.39, 0.29) is 17.9 Å². The van der Waals surface area contributed by atoms with Crippen molar-refractivity contribution in [3.8, 4) is 5.75 Å². The molecule has 1 aromatic heterocycles. The van der Waals surface area contributed by atoms with Crippen molar-refractivity contribution in [2.75, 3.05) is 0 Å². The fraction of sp³-hybridized carbons (Fsp3) is 0.458. The molecule has 166 valence electrons. The van der Waals surface area contributed by atoms with Crippen LogP contribution in [-0.2, 0) is 19.1 Å². The molecule has 0 unspecified atom stereocenters. The number of fused-ring (bicyclic) bond motifs is 3. The van der Waals surface area contributed by atoms with Crippen molar-refractivity contribution in [2.24, 2.45) is 5.92 Å². The number of hydrogen-bond acceptors (Lipinski definition) is 7. The minimum atomic E-state index is -1.01. The predicted molar refractivity (Wildman–Crippen MR) is 115 cm³/mol. The summed E-state index contributed by atoms with van der Waals surface area (Å²) in [6.45, 7) is 10.7. The van der Waals surface area contributed by atoms with Crippen molar-refractivity contribution in [1.29, 1.82) is 0 Å². The molecule has 31 heavy (non-hydrogen) atoms. The number of allylic oxidation sites excluding steroid dienone is 1. The molecule has 7 nitrogen and oxygen atoms in total. The first-order chi connectivity index (χ1) is 14.5. The maximum Gasteiger partial charge on any atom is 0.336 e. The van der Waals surface area contributed by atoms with E-state index in [9.17, 15) is 14.4 Å². The second-order valence-corrected chi connectivity index (χ2v) is 8.66. The molecule has 0 N–H and O–H groups in total. The van der Waals surface area contributed by atoms with Crippen LogP contribution in [0.15, 0.2) is 45.1 Å². The molecule has 1 aromatic carbocycles. The molecule has 1 aliphatic rings. The Balaban J connectivity index is 2.18. The van der Waals surface area contributed by atoms with E-state index in [1.807, 2.05) is 13.8 Å². The molecule has 0 bridgehead atoms. The van der Waals surface area contributed by atoms with Gasteiger partial charge in [-0.05, 0) is 51.8 Å². The average Bonchev–Trinajstić information content (AvgIpc) is 2.68. The smallest absolute Gasteiger partial charge is 0.336 e. The molecule has 0 aliphatic carbocycles. The molecule has 7 heteroatoms. The van der Waals surface area contributed by atoms with Gasteiger partial charge in [-0.3, -0.25) is 4.79 Å². The monoisotopic (exact) mass is 428 g/mol. The Morgan fingerprint density at radius 2 is 1.84 bits per heavy atom. The van der Waals surface area contributed by atoms with E-state index < -0.39 is 35.4 Å². The lowest BCUT2D eigenvalue weighted by atomic mass is 9.87. The number of benzene rings is 1. The van der Waals surface area contributed by atoms with Crippen LogP contribution in [0.25, 0.3) is 11.0 Å². The maximum absolute atomic E-state index is 12.7. The van der Waals surface area contributed by atoms with E-state index in [2.05, 4.69) is 0 Å². The summed E-state index contributed by atoms with van der Waals surface area (Å²) in [7, 11) is 0. The van der Waals surface area contributed by atoms with Gasteiger partial charge in [-0.1, -0.05) is 19.9 Å². The predicted octanol–water partition coefficient (Wildman–Crippen LogP) is 4.47. The van der Waals surface area contributed by atoms with Gasteiger partial charge in [0.15, 0.2) is 12.2 Å². The highest BCUT2D eigenvalue weighted by molar-refractivity contribution is 5.88. The lowest BCUT2D eigenvalue weighted by Crippen LogP contribution is -2.52.